The van der Waals surface area contributed by atoms with E-state index in [0.717, 1.165) is 4.90 Å². The monoisotopic (exact) mass is 165 g/mol. The van der Waals surface area contributed by atoms with Crippen molar-refractivity contribution in [1.29, 1.82) is 0 Å². The normalized spacial score (nSPS) is 24.8. The number of hydrogen-bond acceptors (Lipinski definition) is 2. The Kier molecular flexibility index (Phi) is 2.13. The number of imide groups is 1. The van der Waals surface area contributed by atoms with Crippen LogP contribution in [0.4, 0.5) is 0 Å². The summed E-state index contributed by atoms with van der Waals surface area (Å²) in [4.78, 5) is 23.8. The molecule has 64 valence electrons. The van der Waals surface area contributed by atoms with E-state index in [4.69, 9.17) is 0 Å². The Morgan fingerprint density at radius 1 is 1.00 bits per heavy atom. The molecule has 0 unspecified atom stereocenters. The standard InChI is InChI=1S/C9H11NO2/c1-4-6-7(5-2)9(12)10(3)8(6)11/h4-5H,1-3H3/b6-4+,7-5+. The van der Waals surface area contributed by atoms with Crippen LogP contribution < -0.4 is 0 Å². The van der Waals surface area contributed by atoms with E-state index in [9.17, 15) is 9.59 Å². The van der Waals surface area contributed by atoms with Gasteiger partial charge in [0.25, 0.3) is 11.8 Å². The van der Waals surface area contributed by atoms with Crippen LogP contribution in [0.25, 0.3) is 0 Å². The summed E-state index contributed by atoms with van der Waals surface area (Å²) in [6.07, 6.45) is 3.33. The topological polar surface area (TPSA) is 37.4 Å². The van der Waals surface area contributed by atoms with Gasteiger partial charge in [0.05, 0.1) is 0 Å². The van der Waals surface area contributed by atoms with Crippen molar-refractivity contribution in [3.05, 3.63) is 23.3 Å². The zero-order valence-corrected chi connectivity index (χ0v) is 7.42. The van der Waals surface area contributed by atoms with Crippen LogP contribution in [-0.2, 0) is 9.59 Å². The first-order chi connectivity index (χ1) is 5.63. The Morgan fingerprint density at radius 2 is 1.33 bits per heavy atom. The Morgan fingerprint density at radius 3 is 1.58 bits per heavy atom. The van der Waals surface area contributed by atoms with Crippen molar-refractivity contribution in [2.75, 3.05) is 7.05 Å². The Bertz CT molecular complexity index is 270. The van der Waals surface area contributed by atoms with E-state index in [1.165, 1.54) is 7.05 Å². The highest BCUT2D eigenvalue weighted by molar-refractivity contribution is 6.24. The molecule has 1 saturated heterocycles. The fraction of sp³-hybridized carbons (Fsp3) is 0.333. The summed E-state index contributed by atoms with van der Waals surface area (Å²) in [5.74, 6) is -0.425. The lowest BCUT2D eigenvalue weighted by molar-refractivity contribution is -0.134. The molecule has 0 saturated carbocycles. The number of carbonyl (C=O) groups is 2. The van der Waals surface area contributed by atoms with Gasteiger partial charge in [-0.2, -0.15) is 0 Å². The lowest BCUT2D eigenvalue weighted by Gasteiger charge is -2.01. The van der Waals surface area contributed by atoms with E-state index in [1.807, 2.05) is 0 Å². The van der Waals surface area contributed by atoms with Crippen LogP contribution >= 0.6 is 0 Å². The summed E-state index contributed by atoms with van der Waals surface area (Å²) in [5.41, 5.74) is 1.01. The lowest BCUT2D eigenvalue weighted by atomic mass is 10.1. The van der Waals surface area contributed by atoms with E-state index in [2.05, 4.69) is 0 Å². The number of nitrogens with zero attached hydrogens (tertiary/aromatic N) is 1. The van der Waals surface area contributed by atoms with Gasteiger partial charge in [0.15, 0.2) is 0 Å². The van der Waals surface area contributed by atoms with Crippen LogP contribution in [-0.4, -0.2) is 23.8 Å². The molecule has 1 rings (SSSR count). The van der Waals surface area contributed by atoms with Crippen LogP contribution in [0.15, 0.2) is 23.3 Å². The molecule has 1 aliphatic heterocycles. The smallest absolute Gasteiger partial charge is 0.260 e. The summed E-state index contributed by atoms with van der Waals surface area (Å²) in [6.45, 7) is 3.51. The van der Waals surface area contributed by atoms with Crippen molar-refractivity contribution in [2.24, 2.45) is 0 Å². The highest BCUT2D eigenvalue weighted by Gasteiger charge is 2.34. The van der Waals surface area contributed by atoms with E-state index in [0.29, 0.717) is 11.1 Å². The second-order valence-corrected chi connectivity index (χ2v) is 2.57. The fourth-order valence-corrected chi connectivity index (χ4v) is 1.24. The van der Waals surface area contributed by atoms with E-state index in [1.54, 1.807) is 26.0 Å². The second-order valence-electron chi connectivity index (χ2n) is 2.57. The summed E-state index contributed by atoms with van der Waals surface area (Å²) in [7, 11) is 1.49. The largest absolute Gasteiger partial charge is 0.277 e. The molecule has 0 aromatic rings. The number of likely N-dealkylation sites (N-methyl/N-ethyl adjacent to an activating group) is 1. The minimum atomic E-state index is -0.212. The molecule has 3 nitrogen and oxygen atoms in total. The molecule has 1 fully saturated rings. The van der Waals surface area contributed by atoms with Crippen molar-refractivity contribution in [3.63, 3.8) is 0 Å². The molecule has 0 aromatic carbocycles. The van der Waals surface area contributed by atoms with Crippen molar-refractivity contribution >= 4 is 11.8 Å². The zero-order chi connectivity index (χ0) is 9.30. The predicted octanol–water partition coefficient (Wildman–Crippen LogP) is 0.878. The third-order valence-electron chi connectivity index (χ3n) is 1.94. The number of carbonyl (C=O) groups excluding carboxylic acids is 2. The van der Waals surface area contributed by atoms with Gasteiger partial charge >= 0.3 is 0 Å². The zero-order valence-electron chi connectivity index (χ0n) is 7.42. The average Bonchev–Trinajstić information content (AvgIpc) is 2.29. The van der Waals surface area contributed by atoms with Crippen molar-refractivity contribution in [1.82, 2.24) is 4.90 Å². The molecule has 0 bridgehead atoms. The van der Waals surface area contributed by atoms with Gasteiger partial charge in [0.2, 0.25) is 0 Å². The van der Waals surface area contributed by atoms with Crippen LogP contribution in [0, 0.1) is 0 Å². The first-order valence-electron chi connectivity index (χ1n) is 3.78. The van der Waals surface area contributed by atoms with Gasteiger partial charge < -0.3 is 0 Å². The van der Waals surface area contributed by atoms with Gasteiger partial charge in [0, 0.05) is 18.2 Å². The van der Waals surface area contributed by atoms with Crippen LogP contribution in [0.5, 0.6) is 0 Å². The molecule has 1 aliphatic rings. The highest BCUT2D eigenvalue weighted by Crippen LogP contribution is 2.22. The number of hydrogen-bond donors (Lipinski definition) is 0. The minimum Gasteiger partial charge on any atom is -0.277 e. The highest BCUT2D eigenvalue weighted by atomic mass is 16.2. The lowest BCUT2D eigenvalue weighted by Crippen LogP contribution is -2.24. The average molecular weight is 165 g/mol. The maximum atomic E-state index is 11.3. The molecule has 0 radical (unpaired) electrons. The SMILES string of the molecule is C/C=C1/C(=O)N(C)C(=O)/C1=C/C. The minimum absolute atomic E-state index is 0.212. The first kappa shape index (κ1) is 8.71. The predicted molar refractivity (Wildman–Crippen MR) is 45.3 cm³/mol. The van der Waals surface area contributed by atoms with Gasteiger partial charge in [-0.15, -0.1) is 0 Å². The molecule has 12 heavy (non-hydrogen) atoms. The van der Waals surface area contributed by atoms with Crippen LogP contribution in [0.3, 0.4) is 0 Å². The maximum absolute atomic E-state index is 11.3. The van der Waals surface area contributed by atoms with Gasteiger partial charge in [0.1, 0.15) is 0 Å². The van der Waals surface area contributed by atoms with Gasteiger partial charge in [-0.1, -0.05) is 12.2 Å². The van der Waals surface area contributed by atoms with Crippen LogP contribution in [0.2, 0.25) is 0 Å². The van der Waals surface area contributed by atoms with Gasteiger partial charge in [-0.3, -0.25) is 14.5 Å². The van der Waals surface area contributed by atoms with E-state index in [-0.39, 0.29) is 11.8 Å². The maximum Gasteiger partial charge on any atom is 0.260 e. The van der Waals surface area contributed by atoms with Gasteiger partial charge in [-0.25, -0.2) is 0 Å². The molecule has 0 aromatic heterocycles. The number of allylic oxidation sites excluding steroid dienone is 2. The molecule has 0 aliphatic carbocycles. The quantitative estimate of drug-likeness (QED) is 0.394. The van der Waals surface area contributed by atoms with Gasteiger partial charge in [-0.05, 0) is 13.8 Å². The second kappa shape index (κ2) is 2.93. The number of rotatable bonds is 0. The summed E-state index contributed by atoms with van der Waals surface area (Å²) in [5, 5.41) is 0. The fourth-order valence-electron chi connectivity index (χ4n) is 1.24. The van der Waals surface area contributed by atoms with E-state index < -0.39 is 0 Å². The molecule has 0 N–H and O–H groups in total. The first-order valence-corrected chi connectivity index (χ1v) is 3.78. The van der Waals surface area contributed by atoms with Crippen molar-refractivity contribution in [2.45, 2.75) is 13.8 Å². The molecule has 0 atom stereocenters. The van der Waals surface area contributed by atoms with E-state index >= 15 is 0 Å². The third-order valence-corrected chi connectivity index (χ3v) is 1.94. The summed E-state index contributed by atoms with van der Waals surface area (Å²) in [6, 6.07) is 0. The number of amides is 2. The molecule has 2 amide bonds. The molecular weight excluding hydrogens is 154 g/mol. The Labute approximate surface area is 71.4 Å². The van der Waals surface area contributed by atoms with Crippen molar-refractivity contribution < 1.29 is 9.59 Å². The Balaban J connectivity index is 3.22. The molecule has 3 heteroatoms. The molecule has 0 spiro atoms. The Hall–Kier alpha value is -1.38. The third kappa shape index (κ3) is 0.978. The van der Waals surface area contributed by atoms with Crippen molar-refractivity contribution in [3.8, 4) is 0 Å². The molecule has 1 heterocycles. The molecular formula is C9H11NO2. The summed E-state index contributed by atoms with van der Waals surface area (Å²) < 4.78 is 0. The number of likely N-dealkylation sites (tertiary alicyclic amines) is 1. The summed E-state index contributed by atoms with van der Waals surface area (Å²) >= 11 is 0. The van der Waals surface area contributed by atoms with Crippen LogP contribution in [0.1, 0.15) is 13.8 Å².